The average Bonchev–Trinajstić information content (AvgIpc) is 3.60. The number of aliphatic hydroxyl groups is 2. The first kappa shape index (κ1) is 35.1. The fraction of sp³-hybridized carbons (Fsp3) is 0.743. The van der Waals surface area contributed by atoms with Crippen LogP contribution in [0.25, 0.3) is 0 Å². The summed E-state index contributed by atoms with van der Waals surface area (Å²) in [5, 5.41) is 23.9. The predicted octanol–water partition coefficient (Wildman–Crippen LogP) is 3.36. The van der Waals surface area contributed by atoms with Crippen LogP contribution >= 0.6 is 0 Å². The van der Waals surface area contributed by atoms with Crippen molar-refractivity contribution in [1.82, 2.24) is 0 Å². The molecule has 47 heavy (non-hydrogen) atoms. The zero-order valence-corrected chi connectivity index (χ0v) is 28.6. The monoisotopic (exact) mass is 660 g/mol. The average molecular weight is 661 g/mol. The summed E-state index contributed by atoms with van der Waals surface area (Å²) in [5.41, 5.74) is -4.76. The van der Waals surface area contributed by atoms with E-state index >= 15 is 0 Å². The first-order chi connectivity index (χ1) is 21.8. The minimum atomic E-state index is -1.59. The lowest BCUT2D eigenvalue weighted by Crippen LogP contribution is -2.78. The van der Waals surface area contributed by atoms with Gasteiger partial charge in [0.25, 0.3) is 0 Å². The Bertz CT molecular complexity index is 1440. The molecule has 5 rings (SSSR count). The summed E-state index contributed by atoms with van der Waals surface area (Å²) in [6, 6.07) is 1.75. The molecule has 0 radical (unpaired) electrons. The van der Waals surface area contributed by atoms with Crippen LogP contribution in [0.3, 0.4) is 0 Å². The molecule has 1 aromatic rings. The third-order valence-electron chi connectivity index (χ3n) is 12.7. The van der Waals surface area contributed by atoms with Gasteiger partial charge >= 0.3 is 23.9 Å². The number of ketones is 1. The number of methoxy groups -OCH3 is 1. The Kier molecular flexibility index (Phi) is 8.74. The molecule has 4 fully saturated rings. The molecule has 0 aromatic carbocycles. The number of furan rings is 1. The van der Waals surface area contributed by atoms with Gasteiger partial charge in [0.15, 0.2) is 0 Å². The zero-order valence-electron chi connectivity index (χ0n) is 28.6. The predicted molar refractivity (Wildman–Crippen MR) is 163 cm³/mol. The molecule has 12 nitrogen and oxygen atoms in total. The van der Waals surface area contributed by atoms with Crippen LogP contribution in [-0.2, 0) is 42.9 Å². The van der Waals surface area contributed by atoms with Gasteiger partial charge in [0.2, 0.25) is 0 Å². The van der Waals surface area contributed by atoms with Crippen molar-refractivity contribution in [3.05, 3.63) is 24.2 Å². The first-order valence-electron chi connectivity index (χ1n) is 16.4. The Balaban J connectivity index is 1.85. The van der Waals surface area contributed by atoms with E-state index in [2.05, 4.69) is 0 Å². The van der Waals surface area contributed by atoms with Crippen molar-refractivity contribution in [2.24, 2.45) is 45.3 Å². The third-order valence-corrected chi connectivity index (χ3v) is 12.7. The summed E-state index contributed by atoms with van der Waals surface area (Å²) in [7, 11) is 1.21. The van der Waals surface area contributed by atoms with Crippen LogP contribution in [0.1, 0.15) is 86.1 Å². The van der Waals surface area contributed by atoms with Gasteiger partial charge in [-0.3, -0.25) is 24.0 Å². The van der Waals surface area contributed by atoms with E-state index in [0.717, 1.165) is 0 Å². The first-order valence-corrected chi connectivity index (χ1v) is 16.4. The number of carbonyl (C=O) groups excluding carboxylic acids is 5. The molecule has 0 saturated heterocycles. The molecule has 4 aliphatic carbocycles. The molecule has 4 saturated carbocycles. The molecular formula is C35H48O12. The van der Waals surface area contributed by atoms with Crippen molar-refractivity contribution in [3.63, 3.8) is 0 Å². The fourth-order valence-electron chi connectivity index (χ4n) is 10.8. The van der Waals surface area contributed by atoms with Crippen LogP contribution in [0.4, 0.5) is 0 Å². The van der Waals surface area contributed by atoms with E-state index in [4.69, 9.17) is 23.4 Å². The molecule has 12 heteroatoms. The molecule has 2 N–H and O–H groups in total. The Labute approximate surface area is 274 Å². The molecule has 260 valence electrons. The number of ether oxygens (including phenoxy) is 4. The maximum Gasteiger partial charge on any atom is 0.314 e. The second-order valence-electron chi connectivity index (χ2n) is 15.3. The lowest BCUT2D eigenvalue weighted by molar-refractivity contribution is -0.320. The number of rotatable bonds is 6. The third kappa shape index (κ3) is 4.79. The molecule has 4 aliphatic rings. The highest BCUT2D eigenvalue weighted by Crippen LogP contribution is 2.75. The van der Waals surface area contributed by atoms with E-state index in [0.29, 0.717) is 5.56 Å². The molecule has 1 unspecified atom stereocenters. The van der Waals surface area contributed by atoms with Crippen molar-refractivity contribution >= 4 is 29.7 Å². The van der Waals surface area contributed by atoms with Crippen LogP contribution in [0.5, 0.6) is 0 Å². The van der Waals surface area contributed by atoms with E-state index in [1.165, 1.54) is 33.5 Å². The minimum Gasteiger partial charge on any atom is -0.472 e. The lowest BCUT2D eigenvalue weighted by atomic mass is 9.34. The summed E-state index contributed by atoms with van der Waals surface area (Å²) in [5.74, 6) is -6.74. The summed E-state index contributed by atoms with van der Waals surface area (Å²) in [6.07, 6.45) is -3.26. The highest BCUT2D eigenvalue weighted by molar-refractivity contribution is 5.88. The maximum absolute atomic E-state index is 14.5. The number of aliphatic hydroxyl groups excluding tert-OH is 2. The van der Waals surface area contributed by atoms with Crippen LogP contribution in [0.15, 0.2) is 23.0 Å². The summed E-state index contributed by atoms with van der Waals surface area (Å²) in [6.45, 7) is 12.8. The Morgan fingerprint density at radius 1 is 0.915 bits per heavy atom. The normalized spacial score (nSPS) is 44.1. The number of hydrogen-bond donors (Lipinski definition) is 2. The number of carbonyl (C=O) groups is 5. The largest absolute Gasteiger partial charge is 0.472 e. The van der Waals surface area contributed by atoms with Gasteiger partial charge in [0.05, 0.1) is 43.2 Å². The highest BCUT2D eigenvalue weighted by atomic mass is 16.6. The van der Waals surface area contributed by atoms with Crippen LogP contribution in [-0.4, -0.2) is 77.5 Å². The van der Waals surface area contributed by atoms with Gasteiger partial charge in [-0.15, -0.1) is 0 Å². The second-order valence-corrected chi connectivity index (χ2v) is 15.3. The van der Waals surface area contributed by atoms with Crippen molar-refractivity contribution in [3.8, 4) is 0 Å². The number of hydrogen-bond acceptors (Lipinski definition) is 12. The smallest absolute Gasteiger partial charge is 0.314 e. The zero-order chi connectivity index (χ0) is 35.0. The van der Waals surface area contributed by atoms with E-state index in [-0.39, 0.29) is 25.0 Å². The molecule has 0 bridgehead atoms. The van der Waals surface area contributed by atoms with Gasteiger partial charge in [-0.05, 0) is 30.9 Å². The molecule has 1 aromatic heterocycles. The highest BCUT2D eigenvalue weighted by Gasteiger charge is 2.81. The second kappa shape index (κ2) is 11.7. The number of fused-ring (bicyclic) bond motifs is 5. The molecule has 13 atom stereocenters. The summed E-state index contributed by atoms with van der Waals surface area (Å²) >= 11 is 0. The van der Waals surface area contributed by atoms with Crippen LogP contribution < -0.4 is 0 Å². The quantitative estimate of drug-likeness (QED) is 0.337. The van der Waals surface area contributed by atoms with E-state index in [9.17, 15) is 34.2 Å². The van der Waals surface area contributed by atoms with Gasteiger partial charge in [-0.1, -0.05) is 34.6 Å². The molecule has 1 heterocycles. The molecule has 0 aliphatic heterocycles. The molecule has 0 spiro atoms. The standard InChI is InChI=1S/C35H48O12/c1-16(2)30(41)47-29-26(46-18(4)37)28-34(7)22(33(6,31(42)43-9)24(40)14-25(34)45-17(3)36)13-23(39)35(28,8)27-21(38)12-20(32(27,29)5)19-10-11-44-15-19/h10-11,15-16,20,22-29,39-40H,12-14H2,1-9H3/t20-,22-,23+,24+,25-,26+,27?,28+,29-,32-,33-,34+,35-/m0/s1. The van der Waals surface area contributed by atoms with E-state index < -0.39 is 106 Å². The number of esters is 4. The van der Waals surface area contributed by atoms with Crippen LogP contribution in [0, 0.1) is 45.3 Å². The van der Waals surface area contributed by atoms with Gasteiger partial charge in [-0.2, -0.15) is 0 Å². The van der Waals surface area contributed by atoms with Crippen LogP contribution in [0.2, 0.25) is 0 Å². The fourth-order valence-corrected chi connectivity index (χ4v) is 10.8. The molecular weight excluding hydrogens is 612 g/mol. The van der Waals surface area contributed by atoms with Crippen molar-refractivity contribution in [1.29, 1.82) is 0 Å². The molecule has 0 amide bonds. The Morgan fingerprint density at radius 3 is 2.09 bits per heavy atom. The minimum absolute atomic E-state index is 0.0460. The lowest BCUT2D eigenvalue weighted by Gasteiger charge is -2.71. The topological polar surface area (TPSA) is 176 Å². The summed E-state index contributed by atoms with van der Waals surface area (Å²) < 4.78 is 29.1. The Hall–Kier alpha value is -3.25. The SMILES string of the molecule is COC(=O)[C@]1(C)[C@H](O)C[C@H](OC(C)=O)[C@@]2(C)[C@H]1C[C@@H](O)[C@@]1(C)C3C(=O)C[C@@H](c4ccoc4)[C@]3(C)[C@@H](OC(=O)C(C)C)[C@H](OC(C)=O)[C@@H]12. The van der Waals surface area contributed by atoms with Gasteiger partial charge in [0.1, 0.15) is 24.1 Å². The van der Waals surface area contributed by atoms with Crippen molar-refractivity contribution < 1.29 is 57.6 Å². The van der Waals surface area contributed by atoms with Crippen molar-refractivity contribution in [2.45, 2.75) is 111 Å². The van der Waals surface area contributed by atoms with Crippen molar-refractivity contribution in [2.75, 3.05) is 7.11 Å². The van der Waals surface area contributed by atoms with Gasteiger partial charge in [-0.25, -0.2) is 0 Å². The van der Waals surface area contributed by atoms with E-state index in [1.807, 2.05) is 6.92 Å². The van der Waals surface area contributed by atoms with E-state index in [1.54, 1.807) is 40.7 Å². The summed E-state index contributed by atoms with van der Waals surface area (Å²) in [4.78, 5) is 67.3. The van der Waals surface area contributed by atoms with Gasteiger partial charge in [0, 0.05) is 60.7 Å². The maximum atomic E-state index is 14.5. The van der Waals surface area contributed by atoms with Gasteiger partial charge < -0.3 is 33.6 Å². The number of Topliss-reactive ketones (excluding diaryl/α,β-unsaturated/α-hetero) is 1. The Morgan fingerprint density at radius 2 is 1.55 bits per heavy atom.